The minimum atomic E-state index is 0.562. The van der Waals surface area contributed by atoms with Gasteiger partial charge in [0.05, 0.1) is 0 Å². The van der Waals surface area contributed by atoms with E-state index in [2.05, 4.69) is 25.1 Å². The molecule has 0 spiro atoms. The van der Waals surface area contributed by atoms with Crippen LogP contribution in [-0.4, -0.2) is 12.6 Å². The van der Waals surface area contributed by atoms with Gasteiger partial charge in [-0.2, -0.15) is 0 Å². The molecule has 0 aliphatic heterocycles. The number of nitrogens with one attached hydrogen (secondary N) is 1. The van der Waals surface area contributed by atoms with E-state index in [-0.39, 0.29) is 0 Å². The van der Waals surface area contributed by atoms with Crippen LogP contribution in [0.5, 0.6) is 0 Å². The van der Waals surface area contributed by atoms with Crippen LogP contribution in [-0.2, 0) is 0 Å². The summed E-state index contributed by atoms with van der Waals surface area (Å²) in [4.78, 5) is 0. The smallest absolute Gasteiger partial charge is 0.0130 e. The molecule has 1 saturated carbocycles. The van der Waals surface area contributed by atoms with Crippen molar-refractivity contribution in [2.24, 2.45) is 5.41 Å². The van der Waals surface area contributed by atoms with Gasteiger partial charge in [0.2, 0.25) is 0 Å². The quantitative estimate of drug-likeness (QED) is 0.618. The topological polar surface area (TPSA) is 12.0 Å². The largest absolute Gasteiger partial charge is 0.313 e. The lowest BCUT2D eigenvalue weighted by atomic mass is 9.94. The van der Waals surface area contributed by atoms with Crippen molar-refractivity contribution in [3.63, 3.8) is 0 Å². The second-order valence-corrected chi connectivity index (χ2v) is 4.40. The van der Waals surface area contributed by atoms with Crippen molar-refractivity contribution in [2.75, 3.05) is 6.54 Å². The van der Waals surface area contributed by atoms with Crippen molar-refractivity contribution in [3.8, 4) is 12.3 Å². The number of terminal acetylenes is 1. The van der Waals surface area contributed by atoms with Crippen LogP contribution in [0.25, 0.3) is 0 Å². The lowest BCUT2D eigenvalue weighted by Gasteiger charge is -2.24. The van der Waals surface area contributed by atoms with Crippen LogP contribution in [0.2, 0.25) is 0 Å². The van der Waals surface area contributed by atoms with Gasteiger partial charge in [0.25, 0.3) is 0 Å². The average Bonchev–Trinajstić information content (AvgIpc) is 2.85. The molecule has 0 saturated heterocycles. The highest BCUT2D eigenvalue weighted by atomic mass is 14.9. The molecule has 1 aliphatic carbocycles. The molecular weight excluding hydrogens is 158 g/mol. The van der Waals surface area contributed by atoms with Crippen LogP contribution in [0, 0.1) is 17.8 Å². The molecule has 1 rings (SSSR count). The van der Waals surface area contributed by atoms with Gasteiger partial charge in [-0.3, -0.25) is 0 Å². The molecule has 1 heteroatoms. The van der Waals surface area contributed by atoms with Gasteiger partial charge in [-0.05, 0) is 37.6 Å². The zero-order chi connectivity index (χ0) is 9.73. The van der Waals surface area contributed by atoms with Gasteiger partial charge in [0, 0.05) is 12.5 Å². The normalized spacial score (nSPS) is 20.7. The lowest BCUT2D eigenvalue weighted by molar-refractivity contribution is 0.340. The third-order valence-electron chi connectivity index (χ3n) is 3.10. The minimum absolute atomic E-state index is 0.562. The second-order valence-electron chi connectivity index (χ2n) is 4.40. The van der Waals surface area contributed by atoms with E-state index < -0.39 is 0 Å². The van der Waals surface area contributed by atoms with E-state index >= 15 is 0 Å². The fourth-order valence-electron chi connectivity index (χ4n) is 1.79. The van der Waals surface area contributed by atoms with E-state index in [4.69, 9.17) is 6.42 Å². The Balaban J connectivity index is 2.31. The molecule has 1 unspecified atom stereocenters. The fraction of sp³-hybridized carbons (Fsp3) is 0.833. The molecule has 1 fully saturated rings. The SMILES string of the molecule is C#CCCC(NCCC)C1(C)CC1. The zero-order valence-corrected chi connectivity index (χ0v) is 8.90. The monoisotopic (exact) mass is 179 g/mol. The number of hydrogen-bond acceptors (Lipinski definition) is 1. The first kappa shape index (κ1) is 10.6. The molecule has 1 aliphatic rings. The summed E-state index contributed by atoms with van der Waals surface area (Å²) >= 11 is 0. The Morgan fingerprint density at radius 3 is 2.69 bits per heavy atom. The van der Waals surface area contributed by atoms with Crippen LogP contribution in [0.15, 0.2) is 0 Å². The van der Waals surface area contributed by atoms with Crippen molar-refractivity contribution in [2.45, 2.75) is 52.0 Å². The van der Waals surface area contributed by atoms with E-state index in [9.17, 15) is 0 Å². The zero-order valence-electron chi connectivity index (χ0n) is 8.90. The molecule has 0 heterocycles. The molecule has 0 aromatic carbocycles. The van der Waals surface area contributed by atoms with E-state index in [1.807, 2.05) is 0 Å². The van der Waals surface area contributed by atoms with Gasteiger partial charge in [-0.15, -0.1) is 12.3 Å². The highest BCUT2D eigenvalue weighted by molar-refractivity contribution is 5.00. The highest BCUT2D eigenvalue weighted by Gasteiger charge is 2.43. The first-order valence-corrected chi connectivity index (χ1v) is 5.40. The summed E-state index contributed by atoms with van der Waals surface area (Å²) in [5.41, 5.74) is 0.562. The third kappa shape index (κ3) is 3.04. The van der Waals surface area contributed by atoms with Crippen molar-refractivity contribution in [3.05, 3.63) is 0 Å². The van der Waals surface area contributed by atoms with Gasteiger partial charge in [0.1, 0.15) is 0 Å². The molecule has 0 amide bonds. The Hall–Kier alpha value is -0.480. The molecule has 0 radical (unpaired) electrons. The molecule has 0 bridgehead atoms. The Morgan fingerprint density at radius 2 is 2.23 bits per heavy atom. The van der Waals surface area contributed by atoms with Gasteiger partial charge in [-0.1, -0.05) is 13.8 Å². The number of rotatable bonds is 6. The van der Waals surface area contributed by atoms with Gasteiger partial charge in [-0.25, -0.2) is 0 Å². The first-order valence-electron chi connectivity index (χ1n) is 5.40. The summed E-state index contributed by atoms with van der Waals surface area (Å²) in [6.07, 6.45) is 11.3. The maximum absolute atomic E-state index is 5.29. The van der Waals surface area contributed by atoms with Crippen LogP contribution in [0.1, 0.15) is 46.0 Å². The maximum Gasteiger partial charge on any atom is 0.0130 e. The van der Waals surface area contributed by atoms with E-state index in [1.54, 1.807) is 0 Å². The Kier molecular flexibility index (Phi) is 3.81. The first-order chi connectivity index (χ1) is 6.23. The number of hydrogen-bond donors (Lipinski definition) is 1. The summed E-state index contributed by atoms with van der Waals surface area (Å²) in [7, 11) is 0. The van der Waals surface area contributed by atoms with E-state index in [1.165, 1.54) is 19.3 Å². The fourth-order valence-corrected chi connectivity index (χ4v) is 1.79. The molecule has 0 aromatic rings. The molecule has 13 heavy (non-hydrogen) atoms. The Labute approximate surface area is 82.3 Å². The maximum atomic E-state index is 5.29. The summed E-state index contributed by atoms with van der Waals surface area (Å²) in [6, 6.07) is 0.656. The van der Waals surface area contributed by atoms with Crippen LogP contribution in [0.4, 0.5) is 0 Å². The lowest BCUT2D eigenvalue weighted by Crippen LogP contribution is -2.36. The van der Waals surface area contributed by atoms with Crippen LogP contribution < -0.4 is 5.32 Å². The average molecular weight is 179 g/mol. The Morgan fingerprint density at radius 1 is 1.54 bits per heavy atom. The van der Waals surface area contributed by atoms with Gasteiger partial charge >= 0.3 is 0 Å². The summed E-state index contributed by atoms with van der Waals surface area (Å²) in [5.74, 6) is 2.73. The van der Waals surface area contributed by atoms with E-state index in [0.29, 0.717) is 11.5 Å². The van der Waals surface area contributed by atoms with Crippen molar-refractivity contribution >= 4 is 0 Å². The highest BCUT2D eigenvalue weighted by Crippen LogP contribution is 2.49. The van der Waals surface area contributed by atoms with Crippen molar-refractivity contribution < 1.29 is 0 Å². The second kappa shape index (κ2) is 4.67. The summed E-state index contributed by atoms with van der Waals surface area (Å²) in [6.45, 7) is 5.71. The van der Waals surface area contributed by atoms with E-state index in [0.717, 1.165) is 19.4 Å². The third-order valence-corrected chi connectivity index (χ3v) is 3.10. The predicted molar refractivity (Wildman–Crippen MR) is 57.5 cm³/mol. The predicted octanol–water partition coefficient (Wildman–Crippen LogP) is 2.57. The van der Waals surface area contributed by atoms with Crippen molar-refractivity contribution in [1.29, 1.82) is 0 Å². The molecule has 1 atom stereocenters. The van der Waals surface area contributed by atoms with Gasteiger partial charge in [0.15, 0.2) is 0 Å². The molecule has 1 N–H and O–H groups in total. The summed E-state index contributed by atoms with van der Waals surface area (Å²) < 4.78 is 0. The van der Waals surface area contributed by atoms with Crippen LogP contribution >= 0.6 is 0 Å². The van der Waals surface area contributed by atoms with Gasteiger partial charge < -0.3 is 5.32 Å². The molecule has 1 nitrogen and oxygen atoms in total. The molecular formula is C12H21N. The van der Waals surface area contributed by atoms with Crippen molar-refractivity contribution in [1.82, 2.24) is 5.32 Å². The minimum Gasteiger partial charge on any atom is -0.313 e. The van der Waals surface area contributed by atoms with Crippen LogP contribution in [0.3, 0.4) is 0 Å². The molecule has 74 valence electrons. The summed E-state index contributed by atoms with van der Waals surface area (Å²) in [5, 5.41) is 3.61. The standard InChI is InChI=1S/C12H21N/c1-4-6-7-11(13-10-5-2)12(3)8-9-12/h1,11,13H,5-10H2,2-3H3. The molecule has 0 aromatic heterocycles. The Bertz CT molecular complexity index is 186.